The fourth-order valence-corrected chi connectivity index (χ4v) is 3.48. The summed E-state index contributed by atoms with van der Waals surface area (Å²) in [5.74, 6) is 0. The van der Waals surface area contributed by atoms with Crippen LogP contribution in [-0.2, 0) is 9.47 Å². The molecule has 3 rings (SSSR count). The van der Waals surface area contributed by atoms with Crippen LogP contribution in [0.25, 0.3) is 0 Å². The molecular formula is C16H23N3O5. The molecule has 24 heavy (non-hydrogen) atoms. The second kappa shape index (κ2) is 6.92. The van der Waals surface area contributed by atoms with Crippen molar-refractivity contribution >= 4 is 0 Å². The molecule has 3 heterocycles. The Morgan fingerprint density at radius 2 is 2.29 bits per heavy atom. The van der Waals surface area contributed by atoms with E-state index in [0.29, 0.717) is 6.54 Å². The molecule has 0 saturated carbocycles. The van der Waals surface area contributed by atoms with Gasteiger partial charge >= 0.3 is 5.69 Å². The molecule has 0 bridgehead atoms. The van der Waals surface area contributed by atoms with Crippen molar-refractivity contribution in [3.05, 3.63) is 44.9 Å². The van der Waals surface area contributed by atoms with E-state index in [1.807, 2.05) is 6.92 Å². The Morgan fingerprint density at radius 1 is 1.50 bits per heavy atom. The lowest BCUT2D eigenvalue weighted by molar-refractivity contribution is -0.0566. The number of aromatic nitrogens is 2. The highest BCUT2D eigenvalue weighted by atomic mass is 16.6. The van der Waals surface area contributed by atoms with Crippen molar-refractivity contribution in [2.45, 2.75) is 44.3 Å². The first-order valence-electron chi connectivity index (χ1n) is 8.13. The molecule has 0 radical (unpaired) electrons. The van der Waals surface area contributed by atoms with Crippen LogP contribution < -0.4 is 11.2 Å². The third-order valence-electron chi connectivity index (χ3n) is 4.71. The minimum absolute atomic E-state index is 0.477. The third-order valence-corrected chi connectivity index (χ3v) is 4.71. The summed E-state index contributed by atoms with van der Waals surface area (Å²) in [4.78, 5) is 27.6. The Kier molecular flexibility index (Phi) is 4.88. The summed E-state index contributed by atoms with van der Waals surface area (Å²) in [6.45, 7) is 3.46. The lowest BCUT2D eigenvalue weighted by atomic mass is 10.1. The number of allylic oxidation sites excluding steroid dienone is 2. The summed E-state index contributed by atoms with van der Waals surface area (Å²) in [5, 5.41) is 10.6. The Bertz CT molecular complexity index is 725. The van der Waals surface area contributed by atoms with Gasteiger partial charge < -0.3 is 19.5 Å². The van der Waals surface area contributed by atoms with Crippen LogP contribution in [0.4, 0.5) is 0 Å². The fourth-order valence-electron chi connectivity index (χ4n) is 3.48. The van der Waals surface area contributed by atoms with E-state index in [1.54, 1.807) is 0 Å². The molecule has 8 nitrogen and oxygen atoms in total. The molecule has 132 valence electrons. The van der Waals surface area contributed by atoms with Crippen molar-refractivity contribution in [2.75, 3.05) is 20.2 Å². The van der Waals surface area contributed by atoms with Crippen LogP contribution in [0.5, 0.6) is 0 Å². The zero-order chi connectivity index (χ0) is 17.3. The molecule has 2 aliphatic heterocycles. The maximum absolute atomic E-state index is 12.0. The Balaban J connectivity index is 1.82. The zero-order valence-electron chi connectivity index (χ0n) is 13.8. The number of hydrogen-bond acceptors (Lipinski definition) is 6. The third kappa shape index (κ3) is 3.04. The number of nitrogens with zero attached hydrogens (tertiary/aromatic N) is 2. The van der Waals surface area contributed by atoms with Crippen LogP contribution in [0, 0.1) is 0 Å². The van der Waals surface area contributed by atoms with E-state index in [-0.39, 0.29) is 0 Å². The lowest BCUT2D eigenvalue weighted by Crippen LogP contribution is -2.40. The van der Waals surface area contributed by atoms with Gasteiger partial charge in [-0.1, -0.05) is 6.08 Å². The largest absolute Gasteiger partial charge is 0.387 e. The van der Waals surface area contributed by atoms with E-state index >= 15 is 0 Å². The first-order chi connectivity index (χ1) is 11.5. The van der Waals surface area contributed by atoms with Crippen molar-refractivity contribution in [3.8, 4) is 0 Å². The zero-order valence-corrected chi connectivity index (χ0v) is 13.8. The molecule has 1 aromatic rings. The maximum atomic E-state index is 12.0. The predicted octanol–water partition coefficient (Wildman–Crippen LogP) is -0.190. The van der Waals surface area contributed by atoms with Crippen LogP contribution >= 0.6 is 0 Å². The van der Waals surface area contributed by atoms with E-state index in [9.17, 15) is 14.7 Å². The highest BCUT2D eigenvalue weighted by molar-refractivity contribution is 5.06. The average Bonchev–Trinajstić information content (AvgIpc) is 3.12. The summed E-state index contributed by atoms with van der Waals surface area (Å²) in [6.07, 6.45) is 2.73. The monoisotopic (exact) mass is 337 g/mol. The summed E-state index contributed by atoms with van der Waals surface area (Å²) in [6, 6.07) is 1.25. The molecule has 2 N–H and O–H groups in total. The summed E-state index contributed by atoms with van der Waals surface area (Å²) >= 11 is 0. The van der Waals surface area contributed by atoms with Gasteiger partial charge in [0.1, 0.15) is 18.3 Å². The molecule has 0 aromatic carbocycles. The minimum atomic E-state index is -0.863. The standard InChI is InChI=1S/C16H23N3O5/c1-3-10-5-4-7-18(10)9-11-13(21)14(23-2)15(24-11)19-8-6-12(20)17-16(19)22/h3,6,8,11,13-15,21H,4-5,7,9H2,1-2H3,(H,17,20,22)/b10-3+/t11-,13?,14?,15-/m1/s1. The molecule has 1 aromatic heterocycles. The Labute approximate surface area is 139 Å². The highest BCUT2D eigenvalue weighted by Crippen LogP contribution is 2.32. The van der Waals surface area contributed by atoms with Crippen molar-refractivity contribution < 1.29 is 14.6 Å². The minimum Gasteiger partial charge on any atom is -0.387 e. The topological polar surface area (TPSA) is 96.8 Å². The fraction of sp³-hybridized carbons (Fsp3) is 0.625. The summed E-state index contributed by atoms with van der Waals surface area (Å²) < 4.78 is 12.5. The van der Waals surface area contributed by atoms with Gasteiger partial charge in [-0.2, -0.15) is 0 Å². The number of H-pyrrole nitrogens is 1. The summed E-state index contributed by atoms with van der Waals surface area (Å²) in [5.41, 5.74) is 0.178. The van der Waals surface area contributed by atoms with Gasteiger partial charge in [-0.05, 0) is 19.8 Å². The Hall–Kier alpha value is -1.90. The van der Waals surface area contributed by atoms with Gasteiger partial charge in [-0.15, -0.1) is 0 Å². The van der Waals surface area contributed by atoms with Gasteiger partial charge in [0.05, 0.1) is 0 Å². The maximum Gasteiger partial charge on any atom is 0.330 e. The molecule has 0 aliphatic carbocycles. The van der Waals surface area contributed by atoms with Gasteiger partial charge in [0.2, 0.25) is 0 Å². The number of ether oxygens (including phenoxy) is 2. The SMILES string of the molecule is C/C=C1\CCCN1C[C@H]1O[C@@H](n2ccc(=O)[nH]c2=O)C(OC)C1O. The average molecular weight is 337 g/mol. The number of methoxy groups -OCH3 is 1. The van der Waals surface area contributed by atoms with Crippen molar-refractivity contribution in [3.63, 3.8) is 0 Å². The molecular weight excluding hydrogens is 314 g/mol. The van der Waals surface area contributed by atoms with E-state index in [4.69, 9.17) is 9.47 Å². The second-order valence-corrected chi connectivity index (χ2v) is 6.10. The van der Waals surface area contributed by atoms with E-state index < -0.39 is 35.8 Å². The van der Waals surface area contributed by atoms with Crippen LogP contribution in [0.15, 0.2) is 33.6 Å². The van der Waals surface area contributed by atoms with E-state index in [0.717, 1.165) is 19.4 Å². The van der Waals surface area contributed by atoms with Gasteiger partial charge in [0.15, 0.2) is 6.23 Å². The first kappa shape index (κ1) is 16.9. The smallest absolute Gasteiger partial charge is 0.330 e. The normalized spacial score (nSPS) is 32.0. The van der Waals surface area contributed by atoms with Gasteiger partial charge in [0, 0.05) is 38.2 Å². The van der Waals surface area contributed by atoms with E-state index in [2.05, 4.69) is 16.0 Å². The van der Waals surface area contributed by atoms with Crippen molar-refractivity contribution in [1.82, 2.24) is 14.5 Å². The van der Waals surface area contributed by atoms with Crippen molar-refractivity contribution in [2.24, 2.45) is 0 Å². The predicted molar refractivity (Wildman–Crippen MR) is 86.6 cm³/mol. The lowest BCUT2D eigenvalue weighted by Gasteiger charge is -2.25. The highest BCUT2D eigenvalue weighted by Gasteiger charge is 2.46. The van der Waals surface area contributed by atoms with Crippen molar-refractivity contribution in [1.29, 1.82) is 0 Å². The van der Waals surface area contributed by atoms with Crippen LogP contribution in [0.1, 0.15) is 26.0 Å². The molecule has 2 fully saturated rings. The number of aromatic amines is 1. The number of hydrogen-bond donors (Lipinski definition) is 2. The van der Waals surface area contributed by atoms with E-state index in [1.165, 1.54) is 29.6 Å². The molecule has 2 unspecified atom stereocenters. The number of aliphatic hydroxyl groups is 1. The second-order valence-electron chi connectivity index (χ2n) is 6.10. The summed E-state index contributed by atoms with van der Waals surface area (Å²) in [7, 11) is 1.47. The Morgan fingerprint density at radius 3 is 2.96 bits per heavy atom. The van der Waals surface area contributed by atoms with Crippen LogP contribution in [0.2, 0.25) is 0 Å². The molecule has 2 saturated heterocycles. The number of likely N-dealkylation sites (tertiary alicyclic amines) is 1. The van der Waals surface area contributed by atoms with Crippen LogP contribution in [-0.4, -0.2) is 58.1 Å². The van der Waals surface area contributed by atoms with Gasteiger partial charge in [0.25, 0.3) is 5.56 Å². The van der Waals surface area contributed by atoms with Gasteiger partial charge in [-0.3, -0.25) is 14.3 Å². The first-order valence-corrected chi connectivity index (χ1v) is 8.13. The number of rotatable bonds is 4. The van der Waals surface area contributed by atoms with Crippen LogP contribution in [0.3, 0.4) is 0 Å². The molecule has 8 heteroatoms. The molecule has 4 atom stereocenters. The molecule has 0 spiro atoms. The number of aliphatic hydroxyl groups excluding tert-OH is 1. The molecule has 2 aliphatic rings. The molecule has 0 amide bonds. The van der Waals surface area contributed by atoms with Gasteiger partial charge in [-0.25, -0.2) is 4.79 Å². The number of nitrogens with one attached hydrogen (secondary N) is 1. The quantitative estimate of drug-likeness (QED) is 0.790.